The highest BCUT2D eigenvalue weighted by Crippen LogP contribution is 2.28. The third-order valence-electron chi connectivity index (χ3n) is 3.87. The number of piperidine rings is 1. The molecule has 2 heterocycles. The standard InChI is InChI=1S/C15H17NO2S/c17-9-11-5-7-16(8-6-11)15(18)13-10-19-14-4-2-1-3-12(13)14/h1-4,10-11,17H,5-9H2. The van der Waals surface area contributed by atoms with Gasteiger partial charge in [0.25, 0.3) is 5.91 Å². The minimum Gasteiger partial charge on any atom is -0.396 e. The van der Waals surface area contributed by atoms with Gasteiger partial charge in [-0.3, -0.25) is 4.79 Å². The largest absolute Gasteiger partial charge is 0.396 e. The number of thiophene rings is 1. The summed E-state index contributed by atoms with van der Waals surface area (Å²) in [5.74, 6) is 0.497. The van der Waals surface area contributed by atoms with Gasteiger partial charge in [-0.25, -0.2) is 0 Å². The van der Waals surface area contributed by atoms with Crippen LogP contribution in [0.25, 0.3) is 10.1 Å². The summed E-state index contributed by atoms with van der Waals surface area (Å²) in [4.78, 5) is 14.5. The van der Waals surface area contributed by atoms with Crippen LogP contribution >= 0.6 is 11.3 Å². The molecule has 3 rings (SSSR count). The van der Waals surface area contributed by atoms with Gasteiger partial charge in [-0.05, 0) is 24.8 Å². The molecule has 19 heavy (non-hydrogen) atoms. The Hall–Kier alpha value is -1.39. The van der Waals surface area contributed by atoms with Crippen molar-refractivity contribution >= 4 is 27.3 Å². The van der Waals surface area contributed by atoms with Gasteiger partial charge >= 0.3 is 0 Å². The van der Waals surface area contributed by atoms with E-state index in [1.54, 1.807) is 11.3 Å². The van der Waals surface area contributed by atoms with Gasteiger partial charge in [-0.1, -0.05) is 18.2 Å². The normalized spacial score (nSPS) is 17.0. The maximum absolute atomic E-state index is 12.5. The first-order valence-corrected chi connectivity index (χ1v) is 7.54. The molecule has 1 aromatic carbocycles. The molecule has 4 heteroatoms. The molecule has 0 spiro atoms. The van der Waals surface area contributed by atoms with Gasteiger partial charge < -0.3 is 10.0 Å². The first kappa shape index (κ1) is 12.6. The average Bonchev–Trinajstić information content (AvgIpc) is 2.90. The fourth-order valence-electron chi connectivity index (χ4n) is 2.63. The number of carbonyl (C=O) groups is 1. The van der Waals surface area contributed by atoms with Crippen LogP contribution in [-0.4, -0.2) is 35.6 Å². The summed E-state index contributed by atoms with van der Waals surface area (Å²) in [6.07, 6.45) is 1.81. The molecule has 1 N–H and O–H groups in total. The summed E-state index contributed by atoms with van der Waals surface area (Å²) < 4.78 is 1.16. The molecule has 0 radical (unpaired) electrons. The summed E-state index contributed by atoms with van der Waals surface area (Å²) in [6, 6.07) is 8.04. The first-order chi connectivity index (χ1) is 9.29. The Bertz CT molecular complexity index is 585. The van der Waals surface area contributed by atoms with Crippen LogP contribution < -0.4 is 0 Å². The lowest BCUT2D eigenvalue weighted by Gasteiger charge is -2.31. The monoisotopic (exact) mass is 275 g/mol. The molecule has 0 unspecified atom stereocenters. The summed E-state index contributed by atoms with van der Waals surface area (Å²) in [5.41, 5.74) is 0.822. The Morgan fingerprint density at radius 1 is 1.32 bits per heavy atom. The van der Waals surface area contributed by atoms with E-state index in [9.17, 15) is 4.79 Å². The molecular weight excluding hydrogens is 258 g/mol. The number of likely N-dealkylation sites (tertiary alicyclic amines) is 1. The number of hydrogen-bond acceptors (Lipinski definition) is 3. The minimum absolute atomic E-state index is 0.133. The average molecular weight is 275 g/mol. The van der Waals surface area contributed by atoms with Gasteiger partial charge in [-0.15, -0.1) is 11.3 Å². The van der Waals surface area contributed by atoms with E-state index in [-0.39, 0.29) is 12.5 Å². The topological polar surface area (TPSA) is 40.5 Å². The van der Waals surface area contributed by atoms with E-state index >= 15 is 0 Å². The number of nitrogens with zero attached hydrogens (tertiary/aromatic N) is 1. The lowest BCUT2D eigenvalue weighted by molar-refractivity contribution is 0.0653. The molecule has 0 atom stereocenters. The van der Waals surface area contributed by atoms with E-state index in [1.807, 2.05) is 28.5 Å². The number of carbonyl (C=O) groups excluding carboxylic acids is 1. The van der Waals surface area contributed by atoms with Gasteiger partial charge in [0, 0.05) is 35.2 Å². The maximum atomic E-state index is 12.5. The second kappa shape index (κ2) is 5.31. The van der Waals surface area contributed by atoms with Gasteiger partial charge in [0.15, 0.2) is 0 Å². The van der Waals surface area contributed by atoms with Gasteiger partial charge in [0.05, 0.1) is 5.56 Å². The van der Waals surface area contributed by atoms with Gasteiger partial charge in [0.2, 0.25) is 0 Å². The van der Waals surface area contributed by atoms with E-state index < -0.39 is 0 Å². The van der Waals surface area contributed by atoms with E-state index in [0.29, 0.717) is 5.92 Å². The molecule has 0 aliphatic carbocycles. The number of rotatable bonds is 2. The van der Waals surface area contributed by atoms with Crippen molar-refractivity contribution in [2.45, 2.75) is 12.8 Å². The lowest BCUT2D eigenvalue weighted by Crippen LogP contribution is -2.39. The second-order valence-electron chi connectivity index (χ2n) is 5.06. The molecule has 1 aromatic heterocycles. The van der Waals surface area contributed by atoms with Crippen LogP contribution in [-0.2, 0) is 0 Å². The number of hydrogen-bond donors (Lipinski definition) is 1. The molecule has 1 fully saturated rings. The van der Waals surface area contributed by atoms with E-state index in [0.717, 1.165) is 41.6 Å². The zero-order valence-electron chi connectivity index (χ0n) is 10.7. The van der Waals surface area contributed by atoms with Crippen molar-refractivity contribution in [1.82, 2.24) is 4.90 Å². The molecule has 1 aliphatic heterocycles. The van der Waals surface area contributed by atoms with Gasteiger partial charge in [0.1, 0.15) is 0 Å². The zero-order valence-corrected chi connectivity index (χ0v) is 11.5. The third-order valence-corrected chi connectivity index (χ3v) is 4.83. The van der Waals surface area contributed by atoms with E-state index in [1.165, 1.54) is 0 Å². The maximum Gasteiger partial charge on any atom is 0.255 e. The van der Waals surface area contributed by atoms with E-state index in [2.05, 4.69) is 6.07 Å². The Balaban J connectivity index is 1.81. The Kier molecular flexibility index (Phi) is 3.53. The van der Waals surface area contributed by atoms with Crippen LogP contribution in [0.15, 0.2) is 29.6 Å². The third kappa shape index (κ3) is 2.38. The summed E-state index contributed by atoms with van der Waals surface area (Å²) in [5, 5.41) is 12.2. The van der Waals surface area contributed by atoms with Crippen molar-refractivity contribution in [2.24, 2.45) is 5.92 Å². The molecule has 0 bridgehead atoms. The smallest absolute Gasteiger partial charge is 0.255 e. The highest BCUT2D eigenvalue weighted by molar-refractivity contribution is 7.17. The second-order valence-corrected chi connectivity index (χ2v) is 5.97. The number of amides is 1. The van der Waals surface area contributed by atoms with Crippen molar-refractivity contribution in [3.05, 3.63) is 35.2 Å². The predicted molar refractivity (Wildman–Crippen MR) is 77.5 cm³/mol. The molecular formula is C15H17NO2S. The number of benzene rings is 1. The number of aliphatic hydroxyl groups is 1. The van der Waals surface area contributed by atoms with Crippen molar-refractivity contribution in [3.8, 4) is 0 Å². The van der Waals surface area contributed by atoms with Crippen LogP contribution in [0.2, 0.25) is 0 Å². The minimum atomic E-state index is 0.133. The summed E-state index contributed by atoms with van der Waals surface area (Å²) >= 11 is 1.62. The predicted octanol–water partition coefficient (Wildman–Crippen LogP) is 2.75. The van der Waals surface area contributed by atoms with Crippen LogP contribution in [0.5, 0.6) is 0 Å². The molecule has 1 aliphatic rings. The lowest BCUT2D eigenvalue weighted by atomic mass is 9.97. The highest BCUT2D eigenvalue weighted by atomic mass is 32.1. The number of fused-ring (bicyclic) bond motifs is 1. The Labute approximate surface area is 116 Å². The Morgan fingerprint density at radius 3 is 2.79 bits per heavy atom. The molecule has 1 amide bonds. The molecule has 0 saturated carbocycles. The quantitative estimate of drug-likeness (QED) is 0.915. The van der Waals surface area contributed by atoms with Crippen molar-refractivity contribution < 1.29 is 9.90 Å². The molecule has 3 nitrogen and oxygen atoms in total. The van der Waals surface area contributed by atoms with Crippen molar-refractivity contribution in [3.63, 3.8) is 0 Å². The van der Waals surface area contributed by atoms with Crippen molar-refractivity contribution in [1.29, 1.82) is 0 Å². The summed E-state index contributed by atoms with van der Waals surface area (Å²) in [6.45, 7) is 1.76. The highest BCUT2D eigenvalue weighted by Gasteiger charge is 2.24. The molecule has 2 aromatic rings. The van der Waals surface area contributed by atoms with Crippen molar-refractivity contribution in [2.75, 3.05) is 19.7 Å². The fraction of sp³-hybridized carbons (Fsp3) is 0.400. The first-order valence-electron chi connectivity index (χ1n) is 6.66. The van der Waals surface area contributed by atoms with Gasteiger partial charge in [-0.2, -0.15) is 0 Å². The van der Waals surface area contributed by atoms with Crippen LogP contribution in [0.3, 0.4) is 0 Å². The Morgan fingerprint density at radius 2 is 2.05 bits per heavy atom. The number of aliphatic hydroxyl groups excluding tert-OH is 1. The molecule has 1 saturated heterocycles. The zero-order chi connectivity index (χ0) is 13.2. The SMILES string of the molecule is O=C(c1csc2ccccc12)N1CCC(CO)CC1. The van der Waals surface area contributed by atoms with Crippen LogP contribution in [0, 0.1) is 5.92 Å². The molecule has 100 valence electrons. The van der Waals surface area contributed by atoms with Crippen LogP contribution in [0.4, 0.5) is 0 Å². The van der Waals surface area contributed by atoms with E-state index in [4.69, 9.17) is 5.11 Å². The summed E-state index contributed by atoms with van der Waals surface area (Å²) in [7, 11) is 0. The van der Waals surface area contributed by atoms with Crippen LogP contribution in [0.1, 0.15) is 23.2 Å². The fourth-order valence-corrected chi connectivity index (χ4v) is 3.57.